The van der Waals surface area contributed by atoms with E-state index in [1.807, 2.05) is 6.07 Å². The molecule has 1 aliphatic carbocycles. The van der Waals surface area contributed by atoms with Gasteiger partial charge in [-0.15, -0.1) is 0 Å². The van der Waals surface area contributed by atoms with Crippen molar-refractivity contribution in [2.24, 2.45) is 5.92 Å². The Labute approximate surface area is 128 Å². The Morgan fingerprint density at radius 2 is 1.81 bits per heavy atom. The summed E-state index contributed by atoms with van der Waals surface area (Å²) in [5, 5.41) is 0. The number of nitrogens with zero attached hydrogens (tertiary/aromatic N) is 2. The van der Waals surface area contributed by atoms with Crippen LogP contribution in [0, 0.1) is 5.92 Å². The number of benzene rings is 1. The predicted octanol–water partition coefficient (Wildman–Crippen LogP) is 3.40. The second-order valence-corrected chi connectivity index (χ2v) is 6.62. The van der Waals surface area contributed by atoms with Gasteiger partial charge in [-0.2, -0.15) is 0 Å². The topological polar surface area (TPSA) is 15.7 Å². The zero-order valence-corrected chi connectivity index (χ0v) is 13.4. The average molecular weight is 288 g/mol. The molecule has 116 valence electrons. The largest absolute Gasteiger partial charge is 0.495 e. The van der Waals surface area contributed by atoms with Gasteiger partial charge in [-0.3, -0.25) is 4.90 Å². The lowest BCUT2D eigenvalue weighted by Crippen LogP contribution is -2.51. The summed E-state index contributed by atoms with van der Waals surface area (Å²) in [5.74, 6) is 1.91. The van der Waals surface area contributed by atoms with E-state index in [9.17, 15) is 0 Å². The minimum atomic E-state index is 0.827. The predicted molar refractivity (Wildman–Crippen MR) is 88.2 cm³/mol. The summed E-state index contributed by atoms with van der Waals surface area (Å²) in [6.07, 6.45) is 5.64. The van der Waals surface area contributed by atoms with Crippen LogP contribution in [0.15, 0.2) is 24.3 Å². The van der Waals surface area contributed by atoms with Crippen molar-refractivity contribution >= 4 is 5.69 Å². The molecule has 0 bridgehead atoms. The van der Waals surface area contributed by atoms with Gasteiger partial charge < -0.3 is 9.64 Å². The molecule has 3 nitrogen and oxygen atoms in total. The van der Waals surface area contributed by atoms with Crippen molar-refractivity contribution in [1.82, 2.24) is 4.90 Å². The average Bonchev–Trinajstić information content (AvgIpc) is 2.55. The van der Waals surface area contributed by atoms with E-state index in [0.717, 1.165) is 30.8 Å². The highest BCUT2D eigenvalue weighted by atomic mass is 16.5. The first kappa shape index (κ1) is 14.7. The van der Waals surface area contributed by atoms with E-state index >= 15 is 0 Å². The van der Waals surface area contributed by atoms with Gasteiger partial charge in [0.1, 0.15) is 5.75 Å². The maximum absolute atomic E-state index is 5.50. The van der Waals surface area contributed by atoms with Crippen LogP contribution >= 0.6 is 0 Å². The molecule has 1 saturated carbocycles. The molecule has 0 N–H and O–H groups in total. The molecule has 0 unspecified atom stereocenters. The van der Waals surface area contributed by atoms with E-state index in [0.29, 0.717) is 0 Å². The number of methoxy groups -OCH3 is 1. The highest BCUT2D eigenvalue weighted by Gasteiger charge is 2.28. The van der Waals surface area contributed by atoms with Crippen molar-refractivity contribution in [3.05, 3.63) is 24.3 Å². The van der Waals surface area contributed by atoms with E-state index in [4.69, 9.17) is 4.74 Å². The number of rotatable bonds is 3. The molecule has 0 amide bonds. The van der Waals surface area contributed by atoms with Crippen LogP contribution in [0.4, 0.5) is 5.69 Å². The summed E-state index contributed by atoms with van der Waals surface area (Å²) in [6.45, 7) is 7.03. The molecule has 1 heterocycles. The van der Waals surface area contributed by atoms with Crippen LogP contribution in [-0.4, -0.2) is 44.2 Å². The van der Waals surface area contributed by atoms with Gasteiger partial charge in [0.05, 0.1) is 12.8 Å². The third-order valence-corrected chi connectivity index (χ3v) is 5.17. The van der Waals surface area contributed by atoms with Crippen molar-refractivity contribution in [2.75, 3.05) is 38.2 Å². The Balaban J connectivity index is 1.60. The molecule has 2 fully saturated rings. The molecule has 1 aromatic carbocycles. The smallest absolute Gasteiger partial charge is 0.142 e. The SMILES string of the molecule is COc1ccccc1N1CCN([C@@H]2CCC[C@@H](C)C2)CC1. The van der Waals surface area contributed by atoms with Gasteiger partial charge in [-0.05, 0) is 30.9 Å². The first-order valence-corrected chi connectivity index (χ1v) is 8.40. The molecular weight excluding hydrogens is 260 g/mol. The molecule has 3 heteroatoms. The number of ether oxygens (including phenoxy) is 1. The van der Waals surface area contributed by atoms with Crippen molar-refractivity contribution < 1.29 is 4.74 Å². The molecule has 2 atom stereocenters. The molecule has 21 heavy (non-hydrogen) atoms. The highest BCUT2D eigenvalue weighted by Crippen LogP contribution is 2.31. The minimum Gasteiger partial charge on any atom is -0.495 e. The summed E-state index contributed by atoms with van der Waals surface area (Å²) >= 11 is 0. The van der Waals surface area contributed by atoms with Gasteiger partial charge in [0.2, 0.25) is 0 Å². The van der Waals surface area contributed by atoms with E-state index in [-0.39, 0.29) is 0 Å². The number of anilines is 1. The van der Waals surface area contributed by atoms with Gasteiger partial charge >= 0.3 is 0 Å². The third-order valence-electron chi connectivity index (χ3n) is 5.17. The minimum absolute atomic E-state index is 0.827. The molecule has 0 radical (unpaired) electrons. The van der Waals surface area contributed by atoms with Crippen LogP contribution in [-0.2, 0) is 0 Å². The number of piperazine rings is 1. The van der Waals surface area contributed by atoms with E-state index in [2.05, 4.69) is 34.9 Å². The molecule has 1 aliphatic heterocycles. The van der Waals surface area contributed by atoms with Crippen LogP contribution in [0.1, 0.15) is 32.6 Å². The maximum Gasteiger partial charge on any atom is 0.142 e. The number of hydrogen-bond acceptors (Lipinski definition) is 3. The first-order valence-electron chi connectivity index (χ1n) is 8.40. The fourth-order valence-electron chi connectivity index (χ4n) is 3.95. The van der Waals surface area contributed by atoms with Crippen LogP contribution in [0.3, 0.4) is 0 Å². The Hall–Kier alpha value is -1.22. The number of para-hydroxylation sites is 2. The molecule has 3 rings (SSSR count). The molecule has 2 aliphatic rings. The molecule has 1 saturated heterocycles. The van der Waals surface area contributed by atoms with Gasteiger partial charge in [-0.1, -0.05) is 31.9 Å². The summed E-state index contributed by atoms with van der Waals surface area (Å²) < 4.78 is 5.50. The third kappa shape index (κ3) is 3.34. The number of hydrogen-bond donors (Lipinski definition) is 0. The Morgan fingerprint density at radius 1 is 1.05 bits per heavy atom. The lowest BCUT2D eigenvalue weighted by Gasteiger charge is -2.42. The Bertz CT molecular complexity index is 454. The van der Waals surface area contributed by atoms with Gasteiger partial charge in [-0.25, -0.2) is 0 Å². The summed E-state index contributed by atoms with van der Waals surface area (Å²) in [4.78, 5) is 5.20. The van der Waals surface area contributed by atoms with Crippen LogP contribution < -0.4 is 9.64 Å². The molecule has 0 aromatic heterocycles. The molecular formula is C18H28N2O. The lowest BCUT2D eigenvalue weighted by molar-refractivity contribution is 0.127. The van der Waals surface area contributed by atoms with Crippen LogP contribution in [0.25, 0.3) is 0 Å². The maximum atomic E-state index is 5.50. The standard InChI is InChI=1S/C18H28N2O/c1-15-6-5-7-16(14-15)19-10-12-20(13-11-19)17-8-3-4-9-18(17)21-2/h3-4,8-9,15-16H,5-7,10-14H2,1-2H3/t15-,16-/m1/s1. The summed E-state index contributed by atoms with van der Waals surface area (Å²) in [6, 6.07) is 9.21. The monoisotopic (exact) mass is 288 g/mol. The molecule has 0 spiro atoms. The van der Waals surface area contributed by atoms with Crippen LogP contribution in [0.2, 0.25) is 0 Å². The highest BCUT2D eigenvalue weighted by molar-refractivity contribution is 5.58. The Morgan fingerprint density at radius 3 is 2.52 bits per heavy atom. The van der Waals surface area contributed by atoms with Crippen molar-refractivity contribution in [3.63, 3.8) is 0 Å². The van der Waals surface area contributed by atoms with E-state index in [1.54, 1.807) is 7.11 Å². The lowest BCUT2D eigenvalue weighted by atomic mass is 9.86. The van der Waals surface area contributed by atoms with Gasteiger partial charge in [0, 0.05) is 32.2 Å². The second-order valence-electron chi connectivity index (χ2n) is 6.62. The zero-order chi connectivity index (χ0) is 14.7. The fraction of sp³-hybridized carbons (Fsp3) is 0.667. The van der Waals surface area contributed by atoms with Crippen LogP contribution in [0.5, 0.6) is 5.75 Å². The van der Waals surface area contributed by atoms with E-state index in [1.165, 1.54) is 44.5 Å². The quantitative estimate of drug-likeness (QED) is 0.848. The van der Waals surface area contributed by atoms with Gasteiger partial charge in [0.15, 0.2) is 0 Å². The fourth-order valence-corrected chi connectivity index (χ4v) is 3.95. The van der Waals surface area contributed by atoms with Crippen molar-refractivity contribution in [3.8, 4) is 5.75 Å². The normalized spacial score (nSPS) is 27.6. The van der Waals surface area contributed by atoms with Crippen molar-refractivity contribution in [2.45, 2.75) is 38.6 Å². The summed E-state index contributed by atoms with van der Waals surface area (Å²) in [7, 11) is 1.76. The Kier molecular flexibility index (Phi) is 4.69. The first-order chi connectivity index (χ1) is 10.3. The summed E-state index contributed by atoms with van der Waals surface area (Å²) in [5.41, 5.74) is 1.25. The van der Waals surface area contributed by atoms with Gasteiger partial charge in [0.25, 0.3) is 0 Å². The van der Waals surface area contributed by atoms with E-state index < -0.39 is 0 Å². The molecule has 1 aromatic rings. The van der Waals surface area contributed by atoms with Crippen molar-refractivity contribution in [1.29, 1.82) is 0 Å². The second kappa shape index (κ2) is 6.69. The zero-order valence-electron chi connectivity index (χ0n) is 13.4.